The van der Waals surface area contributed by atoms with Gasteiger partial charge in [-0.05, 0) is 12.1 Å². The highest BCUT2D eigenvalue weighted by atomic mass is 79.9. The van der Waals surface area contributed by atoms with E-state index in [1.807, 2.05) is 0 Å². The van der Waals surface area contributed by atoms with Gasteiger partial charge in [0.1, 0.15) is 0 Å². The maximum atomic E-state index is 12.0. The van der Waals surface area contributed by atoms with Crippen LogP contribution in [0.2, 0.25) is 0 Å². The molecule has 2 aromatic rings. The fraction of sp³-hybridized carbons (Fsp3) is 0. The number of rotatable bonds is 4. The number of halogens is 1. The van der Waals surface area contributed by atoms with Crippen molar-refractivity contribution < 1.29 is 35.3 Å². The molecule has 2 N–H and O–H groups in total. The molecule has 0 aliphatic heterocycles. The summed E-state index contributed by atoms with van der Waals surface area (Å²) in [6, 6.07) is 7.79. The number of H-pyrrole nitrogens is 1. The van der Waals surface area contributed by atoms with E-state index >= 15 is 0 Å². The van der Waals surface area contributed by atoms with Crippen molar-refractivity contribution >= 4 is 21.4 Å². The van der Waals surface area contributed by atoms with Crippen molar-refractivity contribution in [1.82, 2.24) is 0 Å². The Labute approximate surface area is 125 Å². The zero-order chi connectivity index (χ0) is 13.9. The Kier molecular flexibility index (Phi) is 5.17. The number of nitrogens with zero attached hydrogens (tertiary/aromatic N) is 1. The van der Waals surface area contributed by atoms with Crippen molar-refractivity contribution in [3.63, 3.8) is 0 Å². The fourth-order valence-electron chi connectivity index (χ4n) is 1.42. The zero-order valence-corrected chi connectivity index (χ0v) is 12.4. The molecule has 9 heteroatoms. The molecule has 0 spiro atoms. The number of hydrogen-bond acceptors (Lipinski definition) is 4. The largest absolute Gasteiger partial charge is 1.00 e. The number of aromatic nitrogens is 1. The smallest absolute Gasteiger partial charge is 0.269 e. The minimum absolute atomic E-state index is 0. The molecule has 0 atom stereocenters. The lowest BCUT2D eigenvalue weighted by atomic mass is 10.3. The third kappa shape index (κ3) is 3.75. The third-order valence-corrected chi connectivity index (χ3v) is 3.73. The van der Waals surface area contributed by atoms with E-state index in [2.05, 4.69) is 9.71 Å². The second-order valence-corrected chi connectivity index (χ2v) is 5.33. The monoisotopic (exact) mass is 359 g/mol. The molecule has 2 rings (SSSR count). The molecule has 0 bridgehead atoms. The van der Waals surface area contributed by atoms with Crippen molar-refractivity contribution in [3.05, 3.63) is 58.9 Å². The van der Waals surface area contributed by atoms with Crippen LogP contribution < -0.4 is 26.7 Å². The van der Waals surface area contributed by atoms with E-state index < -0.39 is 14.9 Å². The van der Waals surface area contributed by atoms with Gasteiger partial charge in [-0.15, -0.1) is 0 Å². The summed E-state index contributed by atoms with van der Waals surface area (Å²) in [6.45, 7) is 0. The molecular weight excluding hydrogens is 350 g/mol. The molecule has 0 aliphatic carbocycles. The summed E-state index contributed by atoms with van der Waals surface area (Å²) >= 11 is 0. The number of nitro groups is 1. The maximum Gasteiger partial charge on any atom is 0.269 e. The van der Waals surface area contributed by atoms with Crippen LogP contribution in [-0.2, 0) is 10.0 Å². The lowest BCUT2D eigenvalue weighted by Crippen LogP contribution is -3.00. The maximum absolute atomic E-state index is 12.0. The first kappa shape index (κ1) is 16.1. The third-order valence-electron chi connectivity index (χ3n) is 2.33. The summed E-state index contributed by atoms with van der Waals surface area (Å²) in [7, 11) is -3.74. The van der Waals surface area contributed by atoms with Gasteiger partial charge in [-0.25, -0.2) is 13.4 Å². The van der Waals surface area contributed by atoms with Gasteiger partial charge in [-0.2, -0.15) is 0 Å². The van der Waals surface area contributed by atoms with E-state index in [1.54, 1.807) is 24.5 Å². The minimum atomic E-state index is -3.74. The summed E-state index contributed by atoms with van der Waals surface area (Å²) in [5.74, 6) is 0. The molecule has 20 heavy (non-hydrogen) atoms. The second kappa shape index (κ2) is 6.44. The molecule has 0 saturated carbocycles. The van der Waals surface area contributed by atoms with E-state index in [0.29, 0.717) is 5.69 Å². The van der Waals surface area contributed by atoms with Gasteiger partial charge in [0.05, 0.1) is 15.5 Å². The summed E-state index contributed by atoms with van der Waals surface area (Å²) in [6.07, 6.45) is 3.15. The number of benzene rings is 1. The van der Waals surface area contributed by atoms with Crippen LogP contribution in [0.15, 0.2) is 53.7 Å². The molecule has 0 radical (unpaired) electrons. The average molecular weight is 360 g/mol. The summed E-state index contributed by atoms with van der Waals surface area (Å²) in [4.78, 5) is 12.6. The van der Waals surface area contributed by atoms with Crippen LogP contribution in [-0.4, -0.2) is 13.3 Å². The number of sulfonamides is 1. The standard InChI is InChI=1S/C11H9N3O4S.BrH/c15-14(16)10-1-3-11(4-2-10)19(17,18)13-9-5-7-12-8-6-9;/h1-8H,(H,12,13);1H. The van der Waals surface area contributed by atoms with Gasteiger partial charge < -0.3 is 17.0 Å². The van der Waals surface area contributed by atoms with Gasteiger partial charge >= 0.3 is 0 Å². The SMILES string of the molecule is O=[N+]([O-])c1ccc(S(=O)(=O)Nc2cc[nH+]cc2)cc1.[Br-]. The molecule has 1 heterocycles. The normalized spacial score (nSPS) is 10.4. The number of nitro benzene ring substituents is 1. The van der Waals surface area contributed by atoms with Crippen LogP contribution >= 0.6 is 0 Å². The Hall–Kier alpha value is -2.00. The van der Waals surface area contributed by atoms with E-state index in [9.17, 15) is 18.5 Å². The lowest BCUT2D eigenvalue weighted by molar-refractivity contribution is -0.384. The van der Waals surface area contributed by atoms with Gasteiger partial charge in [0.15, 0.2) is 12.4 Å². The molecular formula is C11H10BrN3O4S. The number of hydrogen-bond donors (Lipinski definition) is 1. The van der Waals surface area contributed by atoms with Gasteiger partial charge in [0.25, 0.3) is 15.7 Å². The molecule has 0 amide bonds. The molecule has 1 aromatic carbocycles. The van der Waals surface area contributed by atoms with E-state index in [0.717, 1.165) is 12.1 Å². The van der Waals surface area contributed by atoms with Gasteiger partial charge in [-0.3, -0.25) is 14.8 Å². The number of anilines is 1. The molecule has 0 saturated heterocycles. The molecule has 106 valence electrons. The number of nitrogens with one attached hydrogen (secondary N) is 2. The van der Waals surface area contributed by atoms with Crippen LogP contribution in [0.3, 0.4) is 0 Å². The van der Waals surface area contributed by atoms with Crippen LogP contribution in [0.25, 0.3) is 0 Å². The Morgan fingerprint density at radius 3 is 2.10 bits per heavy atom. The summed E-state index contributed by atoms with van der Waals surface area (Å²) in [5, 5.41) is 10.5. The zero-order valence-electron chi connectivity index (χ0n) is 9.99. The predicted octanol–water partition coefficient (Wildman–Crippen LogP) is -1.79. The van der Waals surface area contributed by atoms with Crippen LogP contribution in [0.1, 0.15) is 0 Å². The van der Waals surface area contributed by atoms with Gasteiger partial charge in [-0.1, -0.05) is 0 Å². The fourth-order valence-corrected chi connectivity index (χ4v) is 2.47. The van der Waals surface area contributed by atoms with Crippen molar-refractivity contribution in [1.29, 1.82) is 0 Å². The topological polar surface area (TPSA) is 103 Å². The molecule has 1 aromatic heterocycles. The van der Waals surface area contributed by atoms with E-state index in [4.69, 9.17) is 0 Å². The van der Waals surface area contributed by atoms with E-state index in [-0.39, 0.29) is 27.6 Å². The minimum Gasteiger partial charge on any atom is -1.00 e. The first-order valence-electron chi connectivity index (χ1n) is 5.22. The Morgan fingerprint density at radius 1 is 1.05 bits per heavy atom. The Bertz CT molecular complexity index is 689. The van der Waals surface area contributed by atoms with Crippen molar-refractivity contribution in [2.45, 2.75) is 4.90 Å². The highest BCUT2D eigenvalue weighted by molar-refractivity contribution is 7.92. The average Bonchev–Trinajstić information content (AvgIpc) is 2.39. The molecule has 0 unspecified atom stereocenters. The summed E-state index contributed by atoms with van der Waals surface area (Å²) < 4.78 is 26.3. The van der Waals surface area contributed by atoms with Crippen LogP contribution in [0, 0.1) is 10.1 Å². The number of pyridine rings is 1. The Balaban J connectivity index is 0.00000200. The lowest BCUT2D eigenvalue weighted by Gasteiger charge is -2.06. The molecule has 0 aliphatic rings. The van der Waals surface area contributed by atoms with Crippen LogP contribution in [0.5, 0.6) is 0 Å². The van der Waals surface area contributed by atoms with Gasteiger partial charge in [0, 0.05) is 24.3 Å². The first-order chi connectivity index (χ1) is 8.99. The Morgan fingerprint density at radius 2 is 1.60 bits per heavy atom. The number of aromatic amines is 1. The second-order valence-electron chi connectivity index (χ2n) is 3.65. The van der Waals surface area contributed by atoms with Crippen molar-refractivity contribution in [2.75, 3.05) is 4.72 Å². The highest BCUT2D eigenvalue weighted by Crippen LogP contribution is 2.18. The molecule has 0 fully saturated rings. The van der Waals surface area contributed by atoms with Gasteiger partial charge in [0.2, 0.25) is 0 Å². The highest BCUT2D eigenvalue weighted by Gasteiger charge is 2.16. The number of non-ortho nitro benzene ring substituents is 1. The quantitative estimate of drug-likeness (QED) is 0.514. The summed E-state index contributed by atoms with van der Waals surface area (Å²) in [5.41, 5.74) is 0.241. The first-order valence-corrected chi connectivity index (χ1v) is 6.71. The molecule has 7 nitrogen and oxygen atoms in total. The van der Waals surface area contributed by atoms with Crippen molar-refractivity contribution in [2.24, 2.45) is 0 Å². The van der Waals surface area contributed by atoms with Crippen molar-refractivity contribution in [3.8, 4) is 0 Å². The van der Waals surface area contributed by atoms with E-state index in [1.165, 1.54) is 12.1 Å². The van der Waals surface area contributed by atoms with Crippen LogP contribution in [0.4, 0.5) is 11.4 Å². The predicted molar refractivity (Wildman–Crippen MR) is 66.9 cm³/mol.